The van der Waals surface area contributed by atoms with Crippen LogP contribution in [0.1, 0.15) is 114 Å². The molecule has 14 atom stereocenters. The van der Waals surface area contributed by atoms with Crippen molar-refractivity contribution in [2.45, 2.75) is 203 Å². The number of hydrogen-bond acceptors (Lipinski definition) is 22. The highest BCUT2D eigenvalue weighted by atomic mass is 32.2. The van der Waals surface area contributed by atoms with Gasteiger partial charge in [-0.05, 0) is 101 Å². The average Bonchev–Trinajstić information content (AvgIpc) is 1.58. The molecule has 39 nitrogen and oxygen atoms in total. The molecule has 0 aliphatic carbocycles. The molecule has 9 rings (SSSR count). The second-order valence-electron chi connectivity index (χ2n) is 34.7. The Balaban J connectivity index is 1.15. The first kappa shape index (κ1) is 106. The Labute approximate surface area is 785 Å². The van der Waals surface area contributed by atoms with Crippen molar-refractivity contribution >= 4 is 123 Å². The summed E-state index contributed by atoms with van der Waals surface area (Å²) < 4.78 is 50.7. The van der Waals surface area contributed by atoms with E-state index in [1.807, 2.05) is 0 Å². The highest BCUT2D eigenvalue weighted by Gasteiger charge is 2.48. The molecule has 0 bridgehead atoms. The van der Waals surface area contributed by atoms with Crippen molar-refractivity contribution < 1.29 is 125 Å². The molecular weight excluding hydrogens is 1800 g/mol. The van der Waals surface area contributed by atoms with Gasteiger partial charge in [-0.2, -0.15) is 0 Å². The van der Waals surface area contributed by atoms with Crippen LogP contribution in [0.15, 0.2) is 121 Å². The number of ether oxygens (including phenoxy) is 1. The van der Waals surface area contributed by atoms with Gasteiger partial charge in [0.1, 0.15) is 90.0 Å². The van der Waals surface area contributed by atoms with Crippen molar-refractivity contribution in [1.29, 1.82) is 0 Å². The number of benzene rings is 5. The number of carbonyl (C=O) groups excluding carboxylic acids is 15. The van der Waals surface area contributed by atoms with Gasteiger partial charge < -0.3 is 113 Å². The highest BCUT2D eigenvalue weighted by Crippen LogP contribution is 2.29. The van der Waals surface area contributed by atoms with E-state index < -0.39 is 283 Å². The molecule has 3 fully saturated rings. The predicted octanol–water partition coefficient (Wildman–Crippen LogP) is 0.638. The van der Waals surface area contributed by atoms with E-state index >= 15 is 56.7 Å². The smallest absolute Gasteiger partial charge is 0.305 e. The second kappa shape index (κ2) is 49.5. The van der Waals surface area contributed by atoms with E-state index in [2.05, 4.69) is 52.8 Å². The zero-order chi connectivity index (χ0) is 99.6. The Kier molecular flexibility index (Phi) is 38.6. The molecule has 0 saturated carbocycles. The third kappa shape index (κ3) is 29.4. The zero-order valence-electron chi connectivity index (χ0n) is 76.4. The van der Waals surface area contributed by atoms with Crippen LogP contribution >= 0.6 is 11.8 Å². The van der Waals surface area contributed by atoms with Crippen molar-refractivity contribution in [3.05, 3.63) is 167 Å². The van der Waals surface area contributed by atoms with Gasteiger partial charge in [0, 0.05) is 102 Å². The predicted molar refractivity (Wildman–Crippen MR) is 486 cm³/mol. The number of para-hydroxylation sites is 1. The van der Waals surface area contributed by atoms with Crippen LogP contribution in [-0.2, 0) is 118 Å². The van der Waals surface area contributed by atoms with Gasteiger partial charge >= 0.3 is 11.9 Å². The lowest BCUT2D eigenvalue weighted by atomic mass is 9.98. The average molecular weight is 1920 g/mol. The SMILES string of the molecule is CCCC[C@H]1C(=O)N2C[C@H](O)C[C@@H]2C(=O)N[C@@H](CC(=O)O)C(=O)N[C@@H](C(C)C)C(=O)N(C)C(Cc2ccccc2)C(=O)NC(Cc2ccc(O)cc2)C(=O)N2CCOC[C@@H]2C(=O)N[C@@H](Cc2c[nH]c3ccccc23)C(=O)N[C@@H](Cc2ccc(O)cc2)C(=O)N[C@@H](CC(C)C)C(=O)N[C@H](C(=O)NCC(N)=O)CSCC(=O)N[C@@H](Cc2cc(F)c(F)c(F)c2)C(=O)N(C)[C@@H](CCC(=O)O)C(=O)N1C. The van der Waals surface area contributed by atoms with Gasteiger partial charge in [0.25, 0.3) is 0 Å². The van der Waals surface area contributed by atoms with Crippen molar-refractivity contribution in [3.63, 3.8) is 0 Å². The van der Waals surface area contributed by atoms with E-state index in [1.165, 1.54) is 69.4 Å². The maximum atomic E-state index is 15.9. The third-order valence-corrected chi connectivity index (χ3v) is 24.7. The van der Waals surface area contributed by atoms with Crippen molar-refractivity contribution in [3.8, 4) is 11.5 Å². The minimum atomic E-state index is -2.08. The van der Waals surface area contributed by atoms with E-state index in [1.54, 1.807) is 81.6 Å². The van der Waals surface area contributed by atoms with E-state index in [0.717, 1.165) is 33.7 Å². The molecule has 136 heavy (non-hydrogen) atoms. The van der Waals surface area contributed by atoms with Crippen LogP contribution in [0, 0.1) is 29.3 Å². The number of nitrogens with zero attached hydrogens (tertiary/aromatic N) is 5. The van der Waals surface area contributed by atoms with Crippen LogP contribution in [0.2, 0.25) is 0 Å². The first-order valence-electron chi connectivity index (χ1n) is 44.5. The second-order valence-corrected chi connectivity index (χ2v) is 35.7. The van der Waals surface area contributed by atoms with Crippen LogP contribution < -0.4 is 53.6 Å². The monoisotopic (exact) mass is 1910 g/mol. The standard InChI is InChI=1S/C93H117F3N16O23S/c1-9-10-20-70-92(133)112-45-58(115)41-73(112)87(128)104-66(42-78(120)121)85(126)107-80(50(4)5)93(134)110(8)72(39-51-16-12-11-13-17-51)86(127)105-68(37-53-23-27-57(114)28-24-53)90(131)111-31-32-135-46-74(111)88(129)103-65(40-55-43-98-62-19-15-14-18-59(55)62)84(125)102-64(36-52-21-25-56(113)26-22-52)83(124)101-63(33-49(2)3)82(123)106-69(81(122)99-44-75(97)116)47-136-48-76(117)100-67(38-54-34-60(94)79(96)61(95)35-54)89(130)108(6)71(29-30-77(118)119)91(132)109(70)7/h11-19,21-28,34-35,43,49-50,58,63-74,80,98,113-115H,9-10,20,29-33,36-42,44-48H2,1-8H3,(H2,97,116)(H,99,122)(H,100,117)(H,101,124)(H,102,125)(H,103,129)(H,104,128)(H,105,127)(H,106,123)(H,107,126)(H,118,119)(H,120,121)/t58-,63+,64+,65+,66+,67+,68?,69+,70+,71+,72?,73-,74-,80+/m1/s1. The molecule has 2 unspecified atom stereocenters. The minimum Gasteiger partial charge on any atom is -0.508 e. The molecule has 5 aromatic carbocycles. The summed E-state index contributed by atoms with van der Waals surface area (Å²) in [5.74, 6) is -27.9. The zero-order valence-corrected chi connectivity index (χ0v) is 77.2. The number of aromatic amines is 1. The fourth-order valence-electron chi connectivity index (χ4n) is 16.3. The van der Waals surface area contributed by atoms with E-state index in [-0.39, 0.29) is 69.6 Å². The summed E-state index contributed by atoms with van der Waals surface area (Å²) in [7, 11) is 3.33. The number of phenolic OH excluding ortho intramolecular Hbond substituents is 2. The highest BCUT2D eigenvalue weighted by molar-refractivity contribution is 8.00. The Bertz CT molecular complexity index is 5310. The molecule has 4 heterocycles. The number of hydrogen-bond donors (Lipinski definition) is 16. The Morgan fingerprint density at radius 1 is 0.544 bits per heavy atom. The number of nitrogens with two attached hydrogens (primary N) is 1. The number of primary amides is 1. The number of rotatable bonds is 24. The molecule has 17 N–H and O–H groups in total. The molecule has 3 aliphatic heterocycles. The van der Waals surface area contributed by atoms with E-state index in [0.29, 0.717) is 68.4 Å². The van der Waals surface area contributed by atoms with Crippen molar-refractivity contribution in [1.82, 2.24) is 77.3 Å². The van der Waals surface area contributed by atoms with Gasteiger partial charge in [-0.3, -0.25) is 81.5 Å². The number of carboxylic acids is 2. The summed E-state index contributed by atoms with van der Waals surface area (Å²) in [6.07, 6.45) is -5.44. The van der Waals surface area contributed by atoms with E-state index in [4.69, 9.17) is 10.5 Å². The number of morpholine rings is 1. The van der Waals surface area contributed by atoms with Gasteiger partial charge in [-0.25, -0.2) is 13.2 Å². The molecule has 15 amide bonds. The van der Waals surface area contributed by atoms with Gasteiger partial charge in [0.05, 0.1) is 38.0 Å². The summed E-state index contributed by atoms with van der Waals surface area (Å²) in [5, 5.41) is 76.5. The van der Waals surface area contributed by atoms with Gasteiger partial charge in [0.2, 0.25) is 88.6 Å². The number of thioether (sulfide) groups is 1. The lowest BCUT2D eigenvalue weighted by Crippen LogP contribution is -2.64. The van der Waals surface area contributed by atoms with Crippen LogP contribution in [0.4, 0.5) is 13.2 Å². The van der Waals surface area contributed by atoms with Crippen molar-refractivity contribution in [2.75, 3.05) is 65.5 Å². The molecule has 6 aromatic rings. The van der Waals surface area contributed by atoms with Crippen LogP contribution in [0.5, 0.6) is 11.5 Å². The molecule has 3 saturated heterocycles. The largest absolute Gasteiger partial charge is 0.508 e. The summed E-state index contributed by atoms with van der Waals surface area (Å²) in [4.78, 5) is 258. The summed E-state index contributed by atoms with van der Waals surface area (Å²) in [6, 6.07) is 4.50. The maximum absolute atomic E-state index is 15.9. The number of aliphatic hydroxyl groups is 1. The van der Waals surface area contributed by atoms with Crippen LogP contribution in [0.3, 0.4) is 0 Å². The number of aromatic hydroxyl groups is 2. The minimum absolute atomic E-state index is 0.150. The Morgan fingerprint density at radius 2 is 1.07 bits per heavy atom. The number of phenols is 2. The molecule has 0 spiro atoms. The summed E-state index contributed by atoms with van der Waals surface area (Å²) >= 11 is 0.600. The van der Waals surface area contributed by atoms with Crippen LogP contribution in [-0.4, -0.2) is 306 Å². The number of nitrogens with one attached hydrogen (secondary N) is 10. The van der Waals surface area contributed by atoms with Gasteiger partial charge in [-0.15, -0.1) is 11.8 Å². The number of likely N-dealkylation sites (N-methyl/N-ethyl adjacent to an activating group) is 3. The number of fused-ring (bicyclic) bond motifs is 3. The molecule has 43 heteroatoms. The Hall–Kier alpha value is -13.7. The lowest BCUT2D eigenvalue weighted by Gasteiger charge is -2.38. The number of carbonyl (C=O) groups is 17. The first-order valence-corrected chi connectivity index (χ1v) is 45.6. The molecule has 0 radical (unpaired) electrons. The number of aromatic nitrogens is 1. The lowest BCUT2D eigenvalue weighted by molar-refractivity contribution is -0.153. The number of aliphatic hydroxyl groups excluding tert-OH is 1. The van der Waals surface area contributed by atoms with Gasteiger partial charge in [-0.1, -0.05) is 120 Å². The number of halogens is 3. The first-order chi connectivity index (χ1) is 64.5. The quantitative estimate of drug-likeness (QED) is 0.0370. The summed E-state index contributed by atoms with van der Waals surface area (Å²) in [5.41, 5.74) is 7.15. The third-order valence-electron chi connectivity index (χ3n) is 23.7. The normalized spacial score (nSPS) is 24.0. The number of carboxylic acid groups (broad SMARTS) is 2. The maximum Gasteiger partial charge on any atom is 0.305 e. The fraction of sp³-hybridized carbons (Fsp3) is 0.473. The number of H-pyrrole nitrogens is 1. The van der Waals surface area contributed by atoms with Crippen LogP contribution in [0.25, 0.3) is 10.9 Å². The van der Waals surface area contributed by atoms with E-state index in [9.17, 15) is 63.5 Å². The van der Waals surface area contributed by atoms with Gasteiger partial charge in [0.15, 0.2) is 17.5 Å². The fourth-order valence-corrected chi connectivity index (χ4v) is 17.2. The Morgan fingerprint density at radius 3 is 1.68 bits per heavy atom. The topological polar surface area (TPSA) is 567 Å². The summed E-state index contributed by atoms with van der Waals surface area (Å²) in [6.45, 7) is 5.60. The number of unbranched alkanes of at least 4 members (excludes halogenated alkanes) is 1. The number of amides is 15. The molecule has 1 aromatic heterocycles. The molecule has 3 aliphatic rings. The van der Waals surface area contributed by atoms with Crippen molar-refractivity contribution in [2.24, 2.45) is 17.6 Å². The molecule has 734 valence electrons. The number of aliphatic carboxylic acids is 2. The molecular formula is C93H117F3N16O23S.